The summed E-state index contributed by atoms with van der Waals surface area (Å²) in [6, 6.07) is 0.599. The number of carbonyl (C=O) groups is 1. The van der Waals surface area contributed by atoms with Gasteiger partial charge in [0.25, 0.3) is 5.91 Å². The van der Waals surface area contributed by atoms with E-state index in [-0.39, 0.29) is 5.91 Å². The van der Waals surface area contributed by atoms with Gasteiger partial charge in [0, 0.05) is 46.4 Å². The maximum Gasteiger partial charge on any atom is 0.271 e. The lowest BCUT2D eigenvalue weighted by molar-refractivity contribution is 0.0233. The van der Waals surface area contributed by atoms with Crippen molar-refractivity contribution in [3.8, 4) is 0 Å². The molecule has 2 aliphatic heterocycles. The van der Waals surface area contributed by atoms with Crippen molar-refractivity contribution < 1.29 is 9.53 Å². The lowest BCUT2D eigenvalue weighted by atomic mass is 10.1. The summed E-state index contributed by atoms with van der Waals surface area (Å²) in [7, 11) is 3.55. The molecule has 6 nitrogen and oxygen atoms in total. The second kappa shape index (κ2) is 5.54. The van der Waals surface area contributed by atoms with E-state index in [0.29, 0.717) is 11.7 Å². The normalized spacial score (nSPS) is 20.7. The van der Waals surface area contributed by atoms with Crippen LogP contribution in [0.3, 0.4) is 0 Å². The first-order chi connectivity index (χ1) is 9.66. The van der Waals surface area contributed by atoms with Gasteiger partial charge in [-0.05, 0) is 12.8 Å². The molecule has 1 amide bonds. The Kier molecular flexibility index (Phi) is 3.76. The zero-order valence-electron chi connectivity index (χ0n) is 12.2. The smallest absolute Gasteiger partial charge is 0.271 e. The first-order valence-corrected chi connectivity index (χ1v) is 7.24. The predicted molar refractivity (Wildman–Crippen MR) is 74.5 cm³/mol. The van der Waals surface area contributed by atoms with Crippen LogP contribution in [0.5, 0.6) is 0 Å². The zero-order chi connectivity index (χ0) is 14.1. The highest BCUT2D eigenvalue weighted by Gasteiger charge is 2.28. The average molecular weight is 278 g/mol. The van der Waals surface area contributed by atoms with E-state index in [1.54, 1.807) is 25.2 Å². The summed E-state index contributed by atoms with van der Waals surface area (Å²) in [5.74, 6) is 1.04. The minimum Gasteiger partial charge on any atom is -0.381 e. The molecule has 0 aromatic carbocycles. The number of aromatic nitrogens is 2. The molecule has 0 aliphatic carbocycles. The van der Waals surface area contributed by atoms with Gasteiger partial charge < -0.3 is 14.2 Å². The Morgan fingerprint density at radius 2 is 2.10 bits per heavy atom. The van der Waals surface area contributed by atoms with Gasteiger partial charge in [0.2, 0.25) is 0 Å². The highest BCUT2D eigenvalue weighted by Crippen LogP contribution is 2.21. The largest absolute Gasteiger partial charge is 0.381 e. The van der Waals surface area contributed by atoms with Crippen molar-refractivity contribution >= 4 is 5.91 Å². The molecule has 1 aromatic heterocycles. The number of nitrogens with zero attached hydrogens (tertiary/aromatic N) is 4. The Balaban J connectivity index is 1.74. The Morgan fingerprint density at radius 1 is 1.35 bits per heavy atom. The highest BCUT2D eigenvalue weighted by molar-refractivity contribution is 5.92. The molecule has 3 heterocycles. The van der Waals surface area contributed by atoms with Crippen LogP contribution in [-0.4, -0.2) is 65.2 Å². The molecule has 0 N–H and O–H groups in total. The van der Waals surface area contributed by atoms with Gasteiger partial charge >= 0.3 is 0 Å². The molecule has 2 aliphatic rings. The predicted octanol–water partition coefficient (Wildman–Crippen LogP) is 0.579. The summed E-state index contributed by atoms with van der Waals surface area (Å²) < 4.78 is 7.49. The first kappa shape index (κ1) is 13.6. The fourth-order valence-corrected chi connectivity index (χ4v) is 3.04. The maximum atomic E-state index is 12.1. The molecular formula is C14H22N4O2. The molecule has 0 bridgehead atoms. The molecule has 6 heteroatoms. The molecule has 1 aromatic rings. The third-order valence-electron chi connectivity index (χ3n) is 4.23. The fraction of sp³-hybridized carbons (Fsp3) is 0.714. The Labute approximate surface area is 119 Å². The van der Waals surface area contributed by atoms with E-state index in [2.05, 4.69) is 14.5 Å². The van der Waals surface area contributed by atoms with Crippen LogP contribution < -0.4 is 0 Å². The zero-order valence-corrected chi connectivity index (χ0v) is 12.2. The SMILES string of the molecule is CN(C)C(=O)c1cnc2n1CCN(C1CCOCC1)C2. The van der Waals surface area contributed by atoms with E-state index in [1.165, 1.54) is 0 Å². The lowest BCUT2D eigenvalue weighted by Crippen LogP contribution is -2.44. The molecule has 1 saturated heterocycles. The third-order valence-corrected chi connectivity index (χ3v) is 4.23. The molecule has 0 unspecified atom stereocenters. The van der Waals surface area contributed by atoms with Crippen LogP contribution in [0.1, 0.15) is 29.2 Å². The molecule has 0 atom stereocenters. The summed E-state index contributed by atoms with van der Waals surface area (Å²) in [6.07, 6.45) is 3.92. The van der Waals surface area contributed by atoms with Crippen molar-refractivity contribution in [1.29, 1.82) is 0 Å². The lowest BCUT2D eigenvalue weighted by Gasteiger charge is -2.37. The topological polar surface area (TPSA) is 50.6 Å². The molecular weight excluding hydrogens is 256 g/mol. The van der Waals surface area contributed by atoms with Crippen LogP contribution in [0.15, 0.2) is 6.20 Å². The van der Waals surface area contributed by atoms with E-state index in [9.17, 15) is 4.79 Å². The molecule has 110 valence electrons. The first-order valence-electron chi connectivity index (χ1n) is 7.24. The van der Waals surface area contributed by atoms with Crippen molar-refractivity contribution in [3.63, 3.8) is 0 Å². The standard InChI is InChI=1S/C14H22N4O2/c1-16(2)14(19)12-9-15-13-10-17(5-6-18(12)13)11-3-7-20-8-4-11/h9,11H,3-8,10H2,1-2H3. The van der Waals surface area contributed by atoms with Gasteiger partial charge in [0.15, 0.2) is 0 Å². The van der Waals surface area contributed by atoms with E-state index >= 15 is 0 Å². The van der Waals surface area contributed by atoms with Crippen molar-refractivity contribution in [2.45, 2.75) is 32.0 Å². The second-order valence-corrected chi connectivity index (χ2v) is 5.72. The summed E-state index contributed by atoms with van der Waals surface area (Å²) in [6.45, 7) is 4.40. The van der Waals surface area contributed by atoms with Gasteiger partial charge in [-0.1, -0.05) is 0 Å². The number of amides is 1. The van der Waals surface area contributed by atoms with Crippen LogP contribution in [-0.2, 0) is 17.8 Å². The summed E-state index contributed by atoms with van der Waals surface area (Å²) in [4.78, 5) is 20.6. The molecule has 1 fully saturated rings. The molecule has 0 radical (unpaired) electrons. The van der Waals surface area contributed by atoms with Gasteiger partial charge in [-0.15, -0.1) is 0 Å². The van der Waals surface area contributed by atoms with Gasteiger partial charge in [-0.25, -0.2) is 4.98 Å². The Hall–Kier alpha value is -1.40. The maximum absolute atomic E-state index is 12.1. The number of rotatable bonds is 2. The van der Waals surface area contributed by atoms with Crippen LogP contribution in [0.4, 0.5) is 0 Å². The fourth-order valence-electron chi connectivity index (χ4n) is 3.04. The monoisotopic (exact) mass is 278 g/mol. The Bertz CT molecular complexity index is 491. The highest BCUT2D eigenvalue weighted by atomic mass is 16.5. The van der Waals surface area contributed by atoms with Crippen LogP contribution in [0.2, 0.25) is 0 Å². The van der Waals surface area contributed by atoms with E-state index in [4.69, 9.17) is 4.74 Å². The summed E-state index contributed by atoms with van der Waals surface area (Å²) in [5.41, 5.74) is 0.705. The minimum absolute atomic E-state index is 0.0308. The van der Waals surface area contributed by atoms with Crippen molar-refractivity contribution in [1.82, 2.24) is 19.4 Å². The molecule has 20 heavy (non-hydrogen) atoms. The molecule has 0 spiro atoms. The Morgan fingerprint density at radius 3 is 2.80 bits per heavy atom. The van der Waals surface area contributed by atoms with Gasteiger partial charge in [-0.2, -0.15) is 0 Å². The minimum atomic E-state index is 0.0308. The van der Waals surface area contributed by atoms with Crippen LogP contribution in [0.25, 0.3) is 0 Å². The van der Waals surface area contributed by atoms with Crippen LogP contribution in [0, 0.1) is 0 Å². The quantitative estimate of drug-likeness (QED) is 0.794. The van der Waals surface area contributed by atoms with E-state index in [1.807, 2.05) is 0 Å². The van der Waals surface area contributed by atoms with Crippen molar-refractivity contribution in [2.24, 2.45) is 0 Å². The third kappa shape index (κ3) is 2.45. The molecule has 3 rings (SSSR count). The molecule has 0 saturated carbocycles. The second-order valence-electron chi connectivity index (χ2n) is 5.72. The van der Waals surface area contributed by atoms with Gasteiger partial charge in [-0.3, -0.25) is 9.69 Å². The number of hydrogen-bond acceptors (Lipinski definition) is 4. The van der Waals surface area contributed by atoms with E-state index in [0.717, 1.165) is 51.5 Å². The van der Waals surface area contributed by atoms with Crippen molar-refractivity contribution in [3.05, 3.63) is 17.7 Å². The number of fused-ring (bicyclic) bond motifs is 1. The van der Waals surface area contributed by atoms with Gasteiger partial charge in [0.05, 0.1) is 12.7 Å². The number of imidazole rings is 1. The van der Waals surface area contributed by atoms with E-state index < -0.39 is 0 Å². The number of carbonyl (C=O) groups excluding carboxylic acids is 1. The summed E-state index contributed by atoms with van der Waals surface area (Å²) in [5, 5.41) is 0. The number of ether oxygens (including phenoxy) is 1. The summed E-state index contributed by atoms with van der Waals surface area (Å²) >= 11 is 0. The van der Waals surface area contributed by atoms with Gasteiger partial charge in [0.1, 0.15) is 11.5 Å². The average Bonchev–Trinajstić information content (AvgIpc) is 2.90. The number of hydrogen-bond donors (Lipinski definition) is 0. The van der Waals surface area contributed by atoms with Crippen LogP contribution >= 0.6 is 0 Å². The van der Waals surface area contributed by atoms with Crippen molar-refractivity contribution in [2.75, 3.05) is 33.9 Å².